The number of carbonyl (C=O) groups is 3. The maximum atomic E-state index is 15.0. The highest BCUT2D eigenvalue weighted by Crippen LogP contribution is 2.53. The van der Waals surface area contributed by atoms with Gasteiger partial charge in [-0.2, -0.15) is 0 Å². The molecule has 0 unspecified atom stereocenters. The number of hydrogen-bond acceptors (Lipinski definition) is 17. The average Bonchev–Trinajstić information content (AvgIpc) is 3.88. The number of amides is 2. The Morgan fingerprint density at radius 3 is 2.58 bits per heavy atom. The van der Waals surface area contributed by atoms with Crippen molar-refractivity contribution < 1.29 is 47.2 Å². The smallest absolute Gasteiger partial charge is 0.324 e. The molecule has 7 atom stereocenters. The topological polar surface area (TPSA) is 197 Å². The van der Waals surface area contributed by atoms with Crippen LogP contribution in [0.25, 0.3) is 33.4 Å². The molecular formula is C56H73N9O10S. The van der Waals surface area contributed by atoms with Crippen molar-refractivity contribution in [2.45, 2.75) is 116 Å². The monoisotopic (exact) mass is 1060 g/mol. The molecule has 9 heterocycles. The fourth-order valence-corrected chi connectivity index (χ4v) is 12.8. The molecule has 5 fully saturated rings. The molecule has 1 saturated carbocycles. The quantitative estimate of drug-likeness (QED) is 0.115. The highest BCUT2D eigenvalue weighted by Gasteiger charge is 2.55. The van der Waals surface area contributed by atoms with E-state index in [0.717, 1.165) is 96.9 Å². The molecule has 408 valence electrons. The molecule has 5 aliphatic heterocycles. The maximum Gasteiger partial charge on any atom is 0.324 e. The number of cyclic esters (lactones) is 1. The fourth-order valence-electron chi connectivity index (χ4n) is 11.9. The van der Waals surface area contributed by atoms with Gasteiger partial charge in [-0.25, -0.2) is 15.4 Å². The van der Waals surface area contributed by atoms with Gasteiger partial charge in [-0.1, -0.05) is 26.8 Å². The van der Waals surface area contributed by atoms with Crippen LogP contribution in [0.5, 0.6) is 0 Å². The molecule has 2 N–H and O–H groups in total. The highest BCUT2D eigenvalue weighted by atomic mass is 32.1. The van der Waals surface area contributed by atoms with E-state index in [0.29, 0.717) is 74.6 Å². The number of hydrazine groups is 1. The Morgan fingerprint density at radius 1 is 1.03 bits per heavy atom. The molecule has 1 aliphatic carbocycles. The number of benzene rings is 1. The first-order valence-corrected chi connectivity index (χ1v) is 28.2. The van der Waals surface area contributed by atoms with Gasteiger partial charge in [-0.3, -0.25) is 29.3 Å². The van der Waals surface area contributed by atoms with Gasteiger partial charge in [0, 0.05) is 111 Å². The van der Waals surface area contributed by atoms with Crippen molar-refractivity contribution in [3.8, 4) is 22.5 Å². The number of thiazole rings is 1. The number of esters is 1. The summed E-state index contributed by atoms with van der Waals surface area (Å²) in [6.45, 7) is 18.5. The Bertz CT molecular complexity index is 2850. The van der Waals surface area contributed by atoms with Gasteiger partial charge in [0.05, 0.1) is 79.3 Å². The molecule has 6 aliphatic rings. The Labute approximate surface area is 448 Å². The number of anilines is 1. The van der Waals surface area contributed by atoms with Crippen molar-refractivity contribution in [1.29, 1.82) is 0 Å². The van der Waals surface area contributed by atoms with E-state index in [1.54, 1.807) is 13.4 Å². The summed E-state index contributed by atoms with van der Waals surface area (Å²) >= 11 is 1.39. The molecule has 5 aromatic rings. The highest BCUT2D eigenvalue weighted by molar-refractivity contribution is 7.10. The number of carbonyl (C=O) groups excluding carboxylic acids is 3. The largest absolute Gasteiger partial charge is 0.464 e. The number of methoxy groups -OCH3 is 1. The molecule has 2 amide bonds. The van der Waals surface area contributed by atoms with Crippen molar-refractivity contribution in [3.05, 3.63) is 70.5 Å². The minimum Gasteiger partial charge on any atom is -0.464 e. The molecule has 6 bridgehead atoms. The van der Waals surface area contributed by atoms with E-state index in [1.165, 1.54) is 22.7 Å². The van der Waals surface area contributed by atoms with Crippen LogP contribution in [-0.4, -0.2) is 158 Å². The Hall–Kier alpha value is -5.32. The number of oxazole rings is 1. The van der Waals surface area contributed by atoms with Gasteiger partial charge in [0.2, 0.25) is 5.91 Å². The van der Waals surface area contributed by atoms with Crippen molar-refractivity contribution in [3.63, 3.8) is 0 Å². The molecule has 4 aromatic heterocycles. The van der Waals surface area contributed by atoms with Crippen LogP contribution in [0.4, 0.5) is 5.69 Å². The summed E-state index contributed by atoms with van der Waals surface area (Å²) in [4.78, 5) is 63.4. The first-order valence-electron chi connectivity index (χ1n) is 27.3. The molecule has 1 aromatic carbocycles. The Balaban J connectivity index is 1.03. The van der Waals surface area contributed by atoms with Crippen molar-refractivity contribution in [1.82, 2.24) is 40.2 Å². The minimum absolute atomic E-state index is 0.0217. The molecule has 76 heavy (non-hydrogen) atoms. The van der Waals surface area contributed by atoms with Gasteiger partial charge in [0.1, 0.15) is 29.5 Å². The van der Waals surface area contributed by atoms with E-state index in [1.807, 2.05) is 32.3 Å². The Morgan fingerprint density at radius 2 is 1.84 bits per heavy atom. The standard InChI is InChI=1S/C56H73N9O10S/c1-7-73-51-49(60-52(66)47-33(2)46(47)43-29-72-32-58-43)54(67)65-14-8-9-42(61-65)55(68)75-31-56(4,5)25-41-39-23-35(44-30-76-53(51)59-44)10-11-45(39)64(19-22-74-38-12-20-70-21-13-38)50(41)40-24-36(26-57-48(40)34(3)69-6)62-15-17-63(18-16-62)37-27-71-28-37/h10-11,23-24,26,29-30,32-34,37-38,42,46-47,49,51,61H,7-9,12-22,25,27-28,31H2,1-6H3,(H,60,66)/t33-,34-,42-,46-,47+,49-,51-/m0/s1. The second-order valence-electron chi connectivity index (χ2n) is 22.1. The Kier molecular flexibility index (Phi) is 15.7. The zero-order valence-electron chi connectivity index (χ0n) is 44.7. The third-order valence-corrected chi connectivity index (χ3v) is 17.4. The number of aromatic nitrogens is 4. The van der Waals surface area contributed by atoms with Gasteiger partial charge in [0.25, 0.3) is 5.91 Å². The third-order valence-electron chi connectivity index (χ3n) is 16.5. The van der Waals surface area contributed by atoms with E-state index in [4.69, 9.17) is 42.8 Å². The molecule has 20 heteroatoms. The van der Waals surface area contributed by atoms with E-state index < -0.39 is 41.4 Å². The lowest BCUT2D eigenvalue weighted by atomic mass is 9.84. The van der Waals surface area contributed by atoms with Gasteiger partial charge in [0.15, 0.2) is 6.39 Å². The maximum absolute atomic E-state index is 15.0. The molecule has 0 radical (unpaired) electrons. The van der Waals surface area contributed by atoms with Gasteiger partial charge in [-0.05, 0) is 75.6 Å². The van der Waals surface area contributed by atoms with E-state index in [-0.39, 0.29) is 43.2 Å². The molecule has 0 spiro atoms. The van der Waals surface area contributed by atoms with Crippen LogP contribution in [0.1, 0.15) is 100 Å². The molecule has 4 saturated heterocycles. The summed E-state index contributed by atoms with van der Waals surface area (Å²) in [5.41, 5.74) is 10.9. The SMILES string of the molecule is CCO[C@@H]1c2nc(cs2)-c2ccc3c(c2)c(c(-c2cc(N4CCN(C5COC5)CC4)cnc2[C@H](C)OC)n3CCOC2CCOCC2)CC(C)(C)COC(=O)[C@@H]2CCCN(N2)C(=O)[C@H]1NC(=O)[C@@H]1[C@@H](C)[C@H]1c1cocn1. The molecular weight excluding hydrogens is 991 g/mol. The average molecular weight is 1060 g/mol. The minimum atomic E-state index is -1.18. The van der Waals surface area contributed by atoms with Gasteiger partial charge < -0.3 is 47.6 Å². The first-order chi connectivity index (χ1) is 36.9. The number of rotatable bonds is 14. The van der Waals surface area contributed by atoms with Gasteiger partial charge >= 0.3 is 5.97 Å². The normalized spacial score (nSPS) is 26.2. The van der Waals surface area contributed by atoms with Crippen molar-refractivity contribution >= 4 is 45.7 Å². The summed E-state index contributed by atoms with van der Waals surface area (Å²) in [5, 5.41) is 8.13. The summed E-state index contributed by atoms with van der Waals surface area (Å²) in [6, 6.07) is 7.29. The predicted octanol–water partition coefficient (Wildman–Crippen LogP) is 6.47. The van der Waals surface area contributed by atoms with E-state index in [9.17, 15) is 14.4 Å². The number of hydrogen-bond donors (Lipinski definition) is 2. The number of nitrogens with one attached hydrogen (secondary N) is 2. The van der Waals surface area contributed by atoms with Crippen LogP contribution in [0, 0.1) is 17.3 Å². The van der Waals surface area contributed by atoms with Crippen LogP contribution in [0.2, 0.25) is 0 Å². The molecule has 11 rings (SSSR count). The lowest BCUT2D eigenvalue weighted by Crippen LogP contribution is -2.61. The lowest BCUT2D eigenvalue weighted by Gasteiger charge is -2.43. The van der Waals surface area contributed by atoms with Crippen LogP contribution >= 0.6 is 11.3 Å². The van der Waals surface area contributed by atoms with Crippen LogP contribution in [-0.2, 0) is 55.8 Å². The number of nitrogens with zero attached hydrogens (tertiary/aromatic N) is 7. The number of pyridine rings is 1. The molecule has 19 nitrogen and oxygen atoms in total. The van der Waals surface area contributed by atoms with Gasteiger partial charge in [-0.15, -0.1) is 11.3 Å². The fraction of sp³-hybridized carbons (Fsp3) is 0.607. The van der Waals surface area contributed by atoms with Crippen LogP contribution in [0.15, 0.2) is 52.9 Å². The van der Waals surface area contributed by atoms with Crippen LogP contribution < -0.4 is 15.6 Å². The van der Waals surface area contributed by atoms with E-state index in [2.05, 4.69) is 68.2 Å². The van der Waals surface area contributed by atoms with Crippen molar-refractivity contribution in [2.24, 2.45) is 17.3 Å². The summed E-state index contributed by atoms with van der Waals surface area (Å²) in [6.07, 6.45) is 6.99. The number of piperazine rings is 1. The second-order valence-corrected chi connectivity index (χ2v) is 23.0. The number of ether oxygens (including phenoxy) is 6. The zero-order valence-corrected chi connectivity index (χ0v) is 45.5. The summed E-state index contributed by atoms with van der Waals surface area (Å²) in [7, 11) is 1.72. The lowest BCUT2D eigenvalue weighted by molar-refractivity contribution is -0.156. The zero-order chi connectivity index (χ0) is 52.7. The van der Waals surface area contributed by atoms with Crippen LogP contribution in [0.3, 0.4) is 0 Å². The third kappa shape index (κ3) is 10.8. The summed E-state index contributed by atoms with van der Waals surface area (Å²) in [5.74, 6) is -1.77. The second kappa shape index (κ2) is 22.6. The van der Waals surface area contributed by atoms with Crippen molar-refractivity contribution in [2.75, 3.05) is 91.0 Å². The summed E-state index contributed by atoms with van der Waals surface area (Å²) < 4.78 is 44.4. The number of fused-ring (bicyclic) bond motifs is 6. The first kappa shape index (κ1) is 52.7. The van der Waals surface area contributed by atoms with E-state index >= 15 is 0 Å². The predicted molar refractivity (Wildman–Crippen MR) is 284 cm³/mol.